The Labute approximate surface area is 144 Å². The van der Waals surface area contributed by atoms with Gasteiger partial charge in [-0.15, -0.1) is 0 Å². The Balaban J connectivity index is 1.89. The standard InChI is InChI=1S/C20H17F2NO2/c1-14-6-11-17(25-14)13-23(12-15-7-9-16(21)10-8-15)20(24)18-4-2-3-5-19(18)22/h2-11H,12-13H2,1H3. The molecule has 0 atom stereocenters. The average Bonchev–Trinajstić information content (AvgIpc) is 3.01. The topological polar surface area (TPSA) is 33.5 Å². The van der Waals surface area contributed by atoms with E-state index >= 15 is 0 Å². The third-order valence-corrected chi connectivity index (χ3v) is 3.82. The van der Waals surface area contributed by atoms with Gasteiger partial charge >= 0.3 is 0 Å². The third kappa shape index (κ3) is 4.12. The van der Waals surface area contributed by atoms with Crippen molar-refractivity contribution in [2.75, 3.05) is 0 Å². The van der Waals surface area contributed by atoms with E-state index in [2.05, 4.69) is 0 Å². The van der Waals surface area contributed by atoms with Crippen LogP contribution in [0, 0.1) is 18.6 Å². The molecule has 1 amide bonds. The lowest BCUT2D eigenvalue weighted by Crippen LogP contribution is -2.30. The maximum atomic E-state index is 14.0. The summed E-state index contributed by atoms with van der Waals surface area (Å²) in [5.74, 6) is -0.0412. The van der Waals surface area contributed by atoms with Crippen LogP contribution in [0.25, 0.3) is 0 Å². The van der Waals surface area contributed by atoms with Gasteiger partial charge in [-0.05, 0) is 48.9 Å². The molecule has 2 aromatic carbocycles. The number of carbonyl (C=O) groups excluding carboxylic acids is 1. The minimum Gasteiger partial charge on any atom is -0.464 e. The number of nitrogens with zero attached hydrogens (tertiary/aromatic N) is 1. The lowest BCUT2D eigenvalue weighted by Gasteiger charge is -2.22. The second kappa shape index (κ2) is 7.30. The van der Waals surface area contributed by atoms with Crippen LogP contribution < -0.4 is 0 Å². The van der Waals surface area contributed by atoms with Gasteiger partial charge in [0.2, 0.25) is 0 Å². The highest BCUT2D eigenvalue weighted by Gasteiger charge is 2.20. The van der Waals surface area contributed by atoms with Crippen molar-refractivity contribution in [3.63, 3.8) is 0 Å². The molecule has 0 aliphatic heterocycles. The highest BCUT2D eigenvalue weighted by Crippen LogP contribution is 2.18. The number of halogens is 2. The van der Waals surface area contributed by atoms with E-state index in [-0.39, 0.29) is 24.5 Å². The van der Waals surface area contributed by atoms with Crippen molar-refractivity contribution in [2.45, 2.75) is 20.0 Å². The summed E-state index contributed by atoms with van der Waals surface area (Å²) in [4.78, 5) is 14.3. The molecule has 0 fully saturated rings. The van der Waals surface area contributed by atoms with E-state index in [4.69, 9.17) is 4.42 Å². The van der Waals surface area contributed by atoms with E-state index in [1.807, 2.05) is 6.92 Å². The first-order chi connectivity index (χ1) is 12.0. The van der Waals surface area contributed by atoms with Crippen molar-refractivity contribution in [1.29, 1.82) is 0 Å². The summed E-state index contributed by atoms with van der Waals surface area (Å²) in [5, 5.41) is 0. The molecule has 0 aliphatic rings. The largest absolute Gasteiger partial charge is 0.464 e. The predicted molar refractivity (Wildman–Crippen MR) is 89.8 cm³/mol. The van der Waals surface area contributed by atoms with E-state index in [9.17, 15) is 13.6 Å². The zero-order valence-electron chi connectivity index (χ0n) is 13.7. The average molecular weight is 341 g/mol. The van der Waals surface area contributed by atoms with Gasteiger partial charge in [0, 0.05) is 6.54 Å². The van der Waals surface area contributed by atoms with Crippen LogP contribution in [-0.4, -0.2) is 10.8 Å². The molecule has 0 saturated carbocycles. The first-order valence-corrected chi connectivity index (χ1v) is 7.86. The van der Waals surface area contributed by atoms with Crippen molar-refractivity contribution in [1.82, 2.24) is 4.90 Å². The van der Waals surface area contributed by atoms with Crippen LogP contribution in [0.3, 0.4) is 0 Å². The molecule has 5 heteroatoms. The number of aryl methyl sites for hydroxylation is 1. The fourth-order valence-corrected chi connectivity index (χ4v) is 2.57. The summed E-state index contributed by atoms with van der Waals surface area (Å²) < 4.78 is 32.7. The highest BCUT2D eigenvalue weighted by atomic mass is 19.1. The zero-order chi connectivity index (χ0) is 17.8. The van der Waals surface area contributed by atoms with Crippen LogP contribution in [0.5, 0.6) is 0 Å². The summed E-state index contributed by atoms with van der Waals surface area (Å²) in [5.41, 5.74) is 0.738. The Morgan fingerprint density at radius 1 is 0.960 bits per heavy atom. The molecule has 1 heterocycles. The van der Waals surface area contributed by atoms with Crippen molar-refractivity contribution in [2.24, 2.45) is 0 Å². The number of carbonyl (C=O) groups is 1. The summed E-state index contributed by atoms with van der Waals surface area (Å²) in [6, 6.07) is 15.3. The molecule has 25 heavy (non-hydrogen) atoms. The second-order valence-electron chi connectivity index (χ2n) is 5.78. The van der Waals surface area contributed by atoms with E-state index in [0.29, 0.717) is 5.76 Å². The molecule has 0 bridgehead atoms. The maximum Gasteiger partial charge on any atom is 0.257 e. The van der Waals surface area contributed by atoms with Gasteiger partial charge in [0.05, 0.1) is 12.1 Å². The number of hydrogen-bond donors (Lipinski definition) is 0. The Kier molecular flexibility index (Phi) is 4.93. The number of furan rings is 1. The molecular formula is C20H17F2NO2. The Hall–Kier alpha value is -2.95. The number of amides is 1. The van der Waals surface area contributed by atoms with Gasteiger partial charge in [-0.3, -0.25) is 4.79 Å². The molecule has 3 rings (SSSR count). The van der Waals surface area contributed by atoms with E-state index < -0.39 is 11.7 Å². The summed E-state index contributed by atoms with van der Waals surface area (Å²) in [6.07, 6.45) is 0. The molecule has 0 unspecified atom stereocenters. The van der Waals surface area contributed by atoms with Crippen LogP contribution in [0.2, 0.25) is 0 Å². The van der Waals surface area contributed by atoms with Gasteiger partial charge in [-0.2, -0.15) is 0 Å². The molecule has 0 spiro atoms. The lowest BCUT2D eigenvalue weighted by molar-refractivity contribution is 0.0712. The number of benzene rings is 2. The van der Waals surface area contributed by atoms with Crippen molar-refractivity contribution >= 4 is 5.91 Å². The first-order valence-electron chi connectivity index (χ1n) is 7.86. The third-order valence-electron chi connectivity index (χ3n) is 3.82. The zero-order valence-corrected chi connectivity index (χ0v) is 13.7. The molecule has 0 aliphatic carbocycles. The monoisotopic (exact) mass is 341 g/mol. The van der Waals surface area contributed by atoms with Gasteiger partial charge in [-0.25, -0.2) is 8.78 Å². The molecular weight excluding hydrogens is 324 g/mol. The van der Waals surface area contributed by atoms with Crippen LogP contribution in [0.15, 0.2) is 65.1 Å². The number of hydrogen-bond acceptors (Lipinski definition) is 2. The molecule has 128 valence electrons. The summed E-state index contributed by atoms with van der Waals surface area (Å²) in [6.45, 7) is 2.22. The van der Waals surface area contributed by atoms with Gasteiger partial charge in [0.25, 0.3) is 5.91 Å². The van der Waals surface area contributed by atoms with E-state index in [1.54, 1.807) is 30.3 Å². The summed E-state index contributed by atoms with van der Waals surface area (Å²) in [7, 11) is 0. The highest BCUT2D eigenvalue weighted by molar-refractivity contribution is 5.94. The summed E-state index contributed by atoms with van der Waals surface area (Å²) >= 11 is 0. The minimum atomic E-state index is -0.577. The van der Waals surface area contributed by atoms with Gasteiger partial charge in [-0.1, -0.05) is 24.3 Å². The minimum absolute atomic E-state index is 0.00658. The molecule has 0 radical (unpaired) electrons. The fourth-order valence-electron chi connectivity index (χ4n) is 2.57. The smallest absolute Gasteiger partial charge is 0.257 e. The SMILES string of the molecule is Cc1ccc(CN(Cc2ccc(F)cc2)C(=O)c2ccccc2F)o1. The van der Waals surface area contributed by atoms with Crippen LogP contribution in [-0.2, 0) is 13.1 Å². The van der Waals surface area contributed by atoms with Crippen molar-refractivity contribution in [3.05, 3.63) is 94.9 Å². The molecule has 3 nitrogen and oxygen atoms in total. The van der Waals surface area contributed by atoms with Crippen LogP contribution >= 0.6 is 0 Å². The Morgan fingerprint density at radius 3 is 2.32 bits per heavy atom. The van der Waals surface area contributed by atoms with Crippen molar-refractivity contribution < 1.29 is 18.0 Å². The maximum absolute atomic E-state index is 14.0. The number of rotatable bonds is 5. The van der Waals surface area contributed by atoms with Crippen LogP contribution in [0.4, 0.5) is 8.78 Å². The normalized spacial score (nSPS) is 10.7. The van der Waals surface area contributed by atoms with E-state index in [0.717, 1.165) is 11.3 Å². The van der Waals surface area contributed by atoms with Crippen LogP contribution in [0.1, 0.15) is 27.4 Å². The quantitative estimate of drug-likeness (QED) is 0.673. The Bertz CT molecular complexity index is 871. The molecule has 3 aromatic rings. The van der Waals surface area contributed by atoms with Gasteiger partial charge in [0.15, 0.2) is 0 Å². The predicted octanol–water partition coefficient (Wildman–Crippen LogP) is 4.71. The van der Waals surface area contributed by atoms with Gasteiger partial charge < -0.3 is 9.32 Å². The fraction of sp³-hybridized carbons (Fsp3) is 0.150. The lowest BCUT2D eigenvalue weighted by atomic mass is 10.1. The molecule has 1 aromatic heterocycles. The Morgan fingerprint density at radius 2 is 1.68 bits per heavy atom. The molecule has 0 saturated heterocycles. The van der Waals surface area contributed by atoms with E-state index in [1.165, 1.54) is 35.2 Å². The molecule has 0 N–H and O–H groups in total. The van der Waals surface area contributed by atoms with Crippen molar-refractivity contribution in [3.8, 4) is 0 Å². The first kappa shape index (κ1) is 16.9. The van der Waals surface area contributed by atoms with Gasteiger partial charge in [0.1, 0.15) is 23.2 Å². The second-order valence-corrected chi connectivity index (χ2v) is 5.78.